The van der Waals surface area contributed by atoms with E-state index in [-0.39, 0.29) is 29.5 Å². The molecule has 130 valence electrons. The Kier molecular flexibility index (Phi) is 2.44. The molecule has 3 heterocycles. The van der Waals surface area contributed by atoms with Crippen molar-refractivity contribution in [1.29, 1.82) is 0 Å². The summed E-state index contributed by atoms with van der Waals surface area (Å²) in [6.07, 6.45) is 7.54. The van der Waals surface area contributed by atoms with E-state index in [0.29, 0.717) is 42.0 Å². The molecule has 0 aromatic rings. The standard InChI is InChI=1S/C20H26O4/c1-18-8-14(22)16-12(3-5-23-16)13(18)2-4-19-7-11-6-15(17(18)19)24-20(11,9-19)10-21/h11,13,15,17,21H,2-10H2,1H3/t11-,13-,15+,17+,18-,19+,20+/m1/s1. The summed E-state index contributed by atoms with van der Waals surface area (Å²) in [6, 6.07) is 0. The second-order valence-corrected chi connectivity index (χ2v) is 9.68. The molecule has 0 unspecified atom stereocenters. The van der Waals surface area contributed by atoms with Crippen LogP contribution in [0.5, 0.6) is 0 Å². The lowest BCUT2D eigenvalue weighted by atomic mass is 9.44. The summed E-state index contributed by atoms with van der Waals surface area (Å²) < 4.78 is 12.2. The van der Waals surface area contributed by atoms with Crippen LogP contribution in [-0.2, 0) is 14.3 Å². The van der Waals surface area contributed by atoms with Crippen molar-refractivity contribution in [2.24, 2.45) is 28.6 Å². The first kappa shape index (κ1) is 14.3. The lowest BCUT2D eigenvalue weighted by Gasteiger charge is -2.62. The molecule has 0 aromatic carbocycles. The Morgan fingerprint density at radius 2 is 2.25 bits per heavy atom. The number of aliphatic hydroxyl groups is 1. The van der Waals surface area contributed by atoms with Crippen molar-refractivity contribution in [3.05, 3.63) is 11.3 Å². The van der Waals surface area contributed by atoms with Crippen LogP contribution >= 0.6 is 0 Å². The molecule has 4 bridgehead atoms. The minimum atomic E-state index is -0.260. The summed E-state index contributed by atoms with van der Waals surface area (Å²) >= 11 is 0. The third-order valence-corrected chi connectivity index (χ3v) is 8.81. The molecule has 0 amide bonds. The summed E-state index contributed by atoms with van der Waals surface area (Å²) in [5.74, 6) is 2.45. The Hall–Kier alpha value is -0.870. The fraction of sp³-hybridized carbons (Fsp3) is 0.850. The van der Waals surface area contributed by atoms with Crippen molar-refractivity contribution in [2.45, 2.75) is 63.6 Å². The number of hydrogen-bond donors (Lipinski definition) is 1. The smallest absolute Gasteiger partial charge is 0.197 e. The van der Waals surface area contributed by atoms with Crippen LogP contribution in [0.25, 0.3) is 0 Å². The largest absolute Gasteiger partial charge is 0.490 e. The van der Waals surface area contributed by atoms with Gasteiger partial charge in [-0.3, -0.25) is 4.79 Å². The fourth-order valence-electron chi connectivity index (χ4n) is 8.35. The molecule has 0 aromatic heterocycles. The van der Waals surface area contributed by atoms with Crippen LogP contribution in [-0.4, -0.2) is 35.8 Å². The van der Waals surface area contributed by atoms with Gasteiger partial charge in [-0.1, -0.05) is 6.92 Å². The van der Waals surface area contributed by atoms with Gasteiger partial charge in [-0.05, 0) is 66.3 Å². The predicted molar refractivity (Wildman–Crippen MR) is 86.0 cm³/mol. The number of ketones is 1. The Labute approximate surface area is 142 Å². The normalized spacial score (nSPS) is 57.0. The number of allylic oxidation sites excluding steroid dienone is 1. The molecule has 3 saturated carbocycles. The van der Waals surface area contributed by atoms with E-state index in [1.807, 2.05) is 0 Å². The summed E-state index contributed by atoms with van der Waals surface area (Å²) in [5.41, 5.74) is 1.38. The van der Waals surface area contributed by atoms with Crippen LogP contribution in [0.15, 0.2) is 11.3 Å². The maximum Gasteiger partial charge on any atom is 0.197 e. The van der Waals surface area contributed by atoms with Crippen LogP contribution < -0.4 is 0 Å². The lowest BCUT2D eigenvalue weighted by Crippen LogP contribution is -2.60. The highest BCUT2D eigenvalue weighted by atomic mass is 16.5. The highest BCUT2D eigenvalue weighted by Crippen LogP contribution is 2.75. The number of carbonyl (C=O) groups is 1. The van der Waals surface area contributed by atoms with E-state index in [1.54, 1.807) is 0 Å². The molecule has 7 aliphatic rings. The van der Waals surface area contributed by atoms with Gasteiger partial charge in [0.15, 0.2) is 11.5 Å². The topological polar surface area (TPSA) is 55.8 Å². The molecule has 4 heteroatoms. The third kappa shape index (κ3) is 1.37. The van der Waals surface area contributed by atoms with Crippen molar-refractivity contribution in [3.63, 3.8) is 0 Å². The van der Waals surface area contributed by atoms with Crippen molar-refractivity contribution in [2.75, 3.05) is 13.2 Å². The number of fused-ring (bicyclic) bond motifs is 2. The first-order valence-electron chi connectivity index (χ1n) is 9.69. The summed E-state index contributed by atoms with van der Waals surface area (Å²) in [5, 5.41) is 10.0. The number of ether oxygens (including phenoxy) is 2. The Morgan fingerprint density at radius 1 is 1.38 bits per heavy atom. The molecular formula is C20H26O4. The molecular weight excluding hydrogens is 304 g/mol. The molecule has 2 saturated heterocycles. The quantitative estimate of drug-likeness (QED) is 0.803. The highest BCUT2D eigenvalue weighted by Gasteiger charge is 2.74. The van der Waals surface area contributed by atoms with Crippen molar-refractivity contribution < 1.29 is 19.4 Å². The van der Waals surface area contributed by atoms with Gasteiger partial charge in [0.1, 0.15) is 0 Å². The van der Waals surface area contributed by atoms with E-state index in [9.17, 15) is 9.90 Å². The molecule has 4 nitrogen and oxygen atoms in total. The van der Waals surface area contributed by atoms with Gasteiger partial charge < -0.3 is 14.6 Å². The van der Waals surface area contributed by atoms with E-state index >= 15 is 0 Å². The van der Waals surface area contributed by atoms with E-state index < -0.39 is 0 Å². The summed E-state index contributed by atoms with van der Waals surface area (Å²) in [4.78, 5) is 12.8. The van der Waals surface area contributed by atoms with Gasteiger partial charge in [-0.2, -0.15) is 0 Å². The summed E-state index contributed by atoms with van der Waals surface area (Å²) in [7, 11) is 0. The van der Waals surface area contributed by atoms with Crippen LogP contribution in [0.2, 0.25) is 0 Å². The van der Waals surface area contributed by atoms with Crippen LogP contribution in [0.1, 0.15) is 51.9 Å². The number of aliphatic hydroxyl groups excluding tert-OH is 1. The van der Waals surface area contributed by atoms with Gasteiger partial charge >= 0.3 is 0 Å². The van der Waals surface area contributed by atoms with E-state index in [1.165, 1.54) is 24.8 Å². The molecule has 1 spiro atoms. The Bertz CT molecular complexity index is 683. The number of Topliss-reactive ketones (excluding diaryl/α,β-unsaturated/α-hetero) is 1. The van der Waals surface area contributed by atoms with E-state index in [4.69, 9.17) is 9.47 Å². The predicted octanol–water partition coefficient (Wildman–Crippen LogP) is 2.60. The average molecular weight is 330 g/mol. The first-order chi connectivity index (χ1) is 11.5. The van der Waals surface area contributed by atoms with Crippen LogP contribution in [0.4, 0.5) is 0 Å². The van der Waals surface area contributed by atoms with Crippen LogP contribution in [0.3, 0.4) is 0 Å². The molecule has 24 heavy (non-hydrogen) atoms. The minimum Gasteiger partial charge on any atom is -0.490 e. The van der Waals surface area contributed by atoms with Crippen LogP contribution in [0, 0.1) is 28.6 Å². The third-order valence-electron chi connectivity index (χ3n) is 8.81. The monoisotopic (exact) mass is 330 g/mol. The first-order valence-corrected chi connectivity index (χ1v) is 9.69. The maximum absolute atomic E-state index is 12.8. The molecule has 3 aliphatic heterocycles. The van der Waals surface area contributed by atoms with E-state index in [2.05, 4.69) is 6.92 Å². The second kappa shape index (κ2) is 4.09. The zero-order valence-corrected chi connectivity index (χ0v) is 14.3. The van der Waals surface area contributed by atoms with Gasteiger partial charge in [0.2, 0.25) is 0 Å². The van der Waals surface area contributed by atoms with Gasteiger partial charge in [-0.15, -0.1) is 0 Å². The maximum atomic E-state index is 12.8. The number of rotatable bonds is 1. The minimum absolute atomic E-state index is 0.0173. The van der Waals surface area contributed by atoms with E-state index in [0.717, 1.165) is 19.3 Å². The Balaban J connectivity index is 1.47. The fourth-order valence-corrected chi connectivity index (χ4v) is 8.35. The molecule has 5 fully saturated rings. The highest BCUT2D eigenvalue weighted by molar-refractivity contribution is 5.96. The van der Waals surface area contributed by atoms with Gasteiger partial charge in [0.25, 0.3) is 0 Å². The average Bonchev–Trinajstić information content (AvgIpc) is 3.17. The molecule has 0 radical (unpaired) electrons. The zero-order valence-electron chi connectivity index (χ0n) is 14.3. The SMILES string of the molecule is C[C@@]12CC(=O)C3=C(CCO3)[C@H]1CC[C@]13C[C@H]4C[C@H](O[C@]4(CO)C1)[C@H]32. The molecule has 1 N–H and O–H groups in total. The van der Waals surface area contributed by atoms with Gasteiger partial charge in [0, 0.05) is 12.8 Å². The molecule has 7 atom stereocenters. The van der Waals surface area contributed by atoms with Gasteiger partial charge in [0.05, 0.1) is 24.9 Å². The van der Waals surface area contributed by atoms with Crippen molar-refractivity contribution in [1.82, 2.24) is 0 Å². The number of hydrogen-bond acceptors (Lipinski definition) is 4. The molecule has 7 rings (SSSR count). The Morgan fingerprint density at radius 3 is 3.04 bits per heavy atom. The lowest BCUT2D eigenvalue weighted by molar-refractivity contribution is -0.212. The molecule has 4 aliphatic carbocycles. The summed E-state index contributed by atoms with van der Waals surface area (Å²) in [6.45, 7) is 3.23. The number of carbonyl (C=O) groups excluding carboxylic acids is 1. The zero-order chi connectivity index (χ0) is 16.3. The van der Waals surface area contributed by atoms with Crippen molar-refractivity contribution >= 4 is 5.78 Å². The second-order valence-electron chi connectivity index (χ2n) is 9.68. The van der Waals surface area contributed by atoms with Crippen molar-refractivity contribution in [3.8, 4) is 0 Å². The van der Waals surface area contributed by atoms with Gasteiger partial charge in [-0.25, -0.2) is 0 Å².